The first-order valence-corrected chi connectivity index (χ1v) is 6.28. The van der Waals surface area contributed by atoms with Crippen LogP contribution in [0.15, 0.2) is 24.3 Å². The summed E-state index contributed by atoms with van der Waals surface area (Å²) >= 11 is 6.11. The molecule has 1 aromatic carbocycles. The summed E-state index contributed by atoms with van der Waals surface area (Å²) in [6, 6.07) is 8.57. The van der Waals surface area contributed by atoms with Crippen LogP contribution in [0.3, 0.4) is 0 Å². The molecule has 2 rings (SSSR count). The van der Waals surface area contributed by atoms with Crippen molar-refractivity contribution >= 4 is 17.6 Å². The molecule has 0 saturated carbocycles. The standard InChI is InChI=1S/C14H12ClN3O2/c1-9-13(15)10(2)18(17-9)12-5-3-4-11(8-12)14(19)20-7-6-16/h3-5,8H,7H2,1-2H3. The molecule has 0 fully saturated rings. The van der Waals surface area contributed by atoms with Crippen LogP contribution in [0.2, 0.25) is 5.02 Å². The highest BCUT2D eigenvalue weighted by molar-refractivity contribution is 6.31. The summed E-state index contributed by atoms with van der Waals surface area (Å²) in [7, 11) is 0. The minimum Gasteiger partial charge on any atom is -0.447 e. The van der Waals surface area contributed by atoms with Crippen molar-refractivity contribution in [3.63, 3.8) is 0 Å². The second kappa shape index (κ2) is 5.76. The summed E-state index contributed by atoms with van der Waals surface area (Å²) in [5.41, 5.74) is 2.60. The smallest absolute Gasteiger partial charge is 0.339 e. The highest BCUT2D eigenvalue weighted by atomic mass is 35.5. The van der Waals surface area contributed by atoms with Crippen LogP contribution in [0.25, 0.3) is 5.69 Å². The number of nitriles is 1. The fraction of sp³-hybridized carbons (Fsp3) is 0.214. The molecule has 0 atom stereocenters. The van der Waals surface area contributed by atoms with Crippen LogP contribution < -0.4 is 0 Å². The van der Waals surface area contributed by atoms with Gasteiger partial charge in [0.15, 0.2) is 6.61 Å². The lowest BCUT2D eigenvalue weighted by Crippen LogP contribution is -2.07. The number of aryl methyl sites for hydroxylation is 1. The molecule has 0 unspecified atom stereocenters. The topological polar surface area (TPSA) is 67.9 Å². The van der Waals surface area contributed by atoms with Gasteiger partial charge < -0.3 is 4.74 Å². The van der Waals surface area contributed by atoms with Crippen LogP contribution >= 0.6 is 11.6 Å². The van der Waals surface area contributed by atoms with Crippen molar-refractivity contribution in [1.82, 2.24) is 9.78 Å². The average molecular weight is 290 g/mol. The zero-order valence-corrected chi connectivity index (χ0v) is 11.8. The third-order valence-corrected chi connectivity index (χ3v) is 3.34. The van der Waals surface area contributed by atoms with Crippen molar-refractivity contribution in [1.29, 1.82) is 5.26 Å². The maximum atomic E-state index is 11.7. The maximum absolute atomic E-state index is 11.7. The summed E-state index contributed by atoms with van der Waals surface area (Å²) in [6.07, 6.45) is 0. The predicted octanol–water partition coefficient (Wildman–Crippen LogP) is 2.82. The third-order valence-electron chi connectivity index (χ3n) is 2.80. The molecule has 1 heterocycles. The first kappa shape index (κ1) is 14.1. The van der Waals surface area contributed by atoms with Crippen LogP contribution in [0.1, 0.15) is 21.7 Å². The maximum Gasteiger partial charge on any atom is 0.339 e. The molecule has 0 aliphatic carbocycles. The molecule has 6 heteroatoms. The van der Waals surface area contributed by atoms with E-state index < -0.39 is 5.97 Å². The van der Waals surface area contributed by atoms with E-state index in [-0.39, 0.29) is 6.61 Å². The largest absolute Gasteiger partial charge is 0.447 e. The van der Waals surface area contributed by atoms with Crippen molar-refractivity contribution in [2.75, 3.05) is 6.61 Å². The van der Waals surface area contributed by atoms with Crippen LogP contribution in [-0.4, -0.2) is 22.4 Å². The van der Waals surface area contributed by atoms with Gasteiger partial charge in [0.25, 0.3) is 0 Å². The van der Waals surface area contributed by atoms with Crippen molar-refractivity contribution in [3.8, 4) is 11.8 Å². The molecule has 0 aliphatic heterocycles. The lowest BCUT2D eigenvalue weighted by Gasteiger charge is -2.06. The summed E-state index contributed by atoms with van der Waals surface area (Å²) in [6.45, 7) is 3.40. The Labute approximate surface area is 121 Å². The molecule has 0 spiro atoms. The molecule has 102 valence electrons. The number of aromatic nitrogens is 2. The second-order valence-corrected chi connectivity index (χ2v) is 4.56. The number of esters is 1. The number of halogens is 1. The number of carbonyl (C=O) groups excluding carboxylic acids is 1. The molecule has 0 radical (unpaired) electrons. The SMILES string of the molecule is Cc1nn(-c2cccc(C(=O)OCC#N)c2)c(C)c1Cl. The molecular formula is C14H12ClN3O2. The van der Waals surface area contributed by atoms with Crippen LogP contribution in [-0.2, 0) is 4.74 Å². The quantitative estimate of drug-likeness (QED) is 0.815. The van der Waals surface area contributed by atoms with Gasteiger partial charge in [0.05, 0.1) is 27.7 Å². The van der Waals surface area contributed by atoms with Crippen molar-refractivity contribution < 1.29 is 9.53 Å². The highest BCUT2D eigenvalue weighted by Crippen LogP contribution is 2.22. The van der Waals surface area contributed by atoms with Gasteiger partial charge in [-0.2, -0.15) is 10.4 Å². The Kier molecular flexibility index (Phi) is 4.06. The molecule has 0 aliphatic rings. The van der Waals surface area contributed by atoms with Crippen molar-refractivity contribution in [2.24, 2.45) is 0 Å². The van der Waals surface area contributed by atoms with E-state index in [0.29, 0.717) is 16.3 Å². The fourth-order valence-electron chi connectivity index (χ4n) is 1.82. The normalized spacial score (nSPS) is 10.1. The van der Waals surface area contributed by atoms with Crippen LogP contribution in [0.4, 0.5) is 0 Å². The number of ether oxygens (including phenoxy) is 1. The van der Waals surface area contributed by atoms with Crippen LogP contribution in [0.5, 0.6) is 0 Å². The van der Waals surface area contributed by atoms with E-state index in [1.807, 2.05) is 19.9 Å². The van der Waals surface area contributed by atoms with E-state index in [1.54, 1.807) is 29.0 Å². The Morgan fingerprint density at radius 3 is 2.85 bits per heavy atom. The summed E-state index contributed by atoms with van der Waals surface area (Å²) in [5, 5.41) is 13.3. The molecular weight excluding hydrogens is 278 g/mol. The van der Waals surface area contributed by atoms with E-state index in [9.17, 15) is 4.79 Å². The summed E-state index contributed by atoms with van der Waals surface area (Å²) in [4.78, 5) is 11.7. The molecule has 1 aromatic heterocycles. The Morgan fingerprint density at radius 1 is 1.50 bits per heavy atom. The zero-order chi connectivity index (χ0) is 14.7. The minimum absolute atomic E-state index is 0.269. The number of hydrogen-bond donors (Lipinski definition) is 0. The zero-order valence-electron chi connectivity index (χ0n) is 11.1. The van der Waals surface area contributed by atoms with E-state index in [1.165, 1.54) is 0 Å². The Balaban J connectivity index is 2.37. The minimum atomic E-state index is -0.541. The average Bonchev–Trinajstić information content (AvgIpc) is 2.72. The van der Waals surface area contributed by atoms with Gasteiger partial charge in [-0.3, -0.25) is 0 Å². The number of nitrogens with zero attached hydrogens (tertiary/aromatic N) is 3. The lowest BCUT2D eigenvalue weighted by atomic mass is 10.2. The van der Waals surface area contributed by atoms with Gasteiger partial charge in [0.2, 0.25) is 0 Å². The van der Waals surface area contributed by atoms with Crippen molar-refractivity contribution in [3.05, 3.63) is 46.2 Å². The van der Waals surface area contributed by atoms with E-state index in [2.05, 4.69) is 5.10 Å². The predicted molar refractivity (Wildman–Crippen MR) is 73.9 cm³/mol. The lowest BCUT2D eigenvalue weighted by molar-refractivity contribution is 0.0555. The van der Waals surface area contributed by atoms with Gasteiger partial charge in [-0.15, -0.1) is 0 Å². The van der Waals surface area contributed by atoms with Crippen LogP contribution in [0, 0.1) is 25.2 Å². The van der Waals surface area contributed by atoms with Gasteiger partial charge in [-0.1, -0.05) is 17.7 Å². The Hall–Kier alpha value is -2.32. The summed E-state index contributed by atoms with van der Waals surface area (Å²) < 4.78 is 6.44. The summed E-state index contributed by atoms with van der Waals surface area (Å²) in [5.74, 6) is -0.541. The van der Waals surface area contributed by atoms with E-state index in [4.69, 9.17) is 21.6 Å². The third kappa shape index (κ3) is 2.65. The molecule has 20 heavy (non-hydrogen) atoms. The van der Waals surface area contributed by atoms with Gasteiger partial charge in [0, 0.05) is 0 Å². The van der Waals surface area contributed by atoms with E-state index in [0.717, 1.165) is 11.4 Å². The van der Waals surface area contributed by atoms with E-state index >= 15 is 0 Å². The Bertz CT molecular complexity index is 701. The van der Waals surface area contributed by atoms with Crippen molar-refractivity contribution in [2.45, 2.75) is 13.8 Å². The molecule has 0 N–H and O–H groups in total. The van der Waals surface area contributed by atoms with Gasteiger partial charge in [0.1, 0.15) is 6.07 Å². The Morgan fingerprint density at radius 2 is 2.25 bits per heavy atom. The molecule has 5 nitrogen and oxygen atoms in total. The number of carbonyl (C=O) groups is 1. The first-order chi connectivity index (χ1) is 9.54. The molecule has 0 saturated heterocycles. The molecule has 0 amide bonds. The fourth-order valence-corrected chi connectivity index (χ4v) is 1.94. The monoisotopic (exact) mass is 289 g/mol. The molecule has 2 aromatic rings. The van der Waals surface area contributed by atoms with Gasteiger partial charge in [-0.05, 0) is 32.0 Å². The second-order valence-electron chi connectivity index (χ2n) is 4.18. The first-order valence-electron chi connectivity index (χ1n) is 5.91. The number of benzene rings is 1. The highest BCUT2D eigenvalue weighted by Gasteiger charge is 2.13. The van der Waals surface area contributed by atoms with Gasteiger partial charge >= 0.3 is 5.97 Å². The molecule has 0 bridgehead atoms. The number of hydrogen-bond acceptors (Lipinski definition) is 4. The van der Waals surface area contributed by atoms with Gasteiger partial charge in [-0.25, -0.2) is 9.48 Å². The number of rotatable bonds is 3.